The standard InChI is InChI=1S/C19H19F2N3O3/c1-24-8-4-5-11(24)10-22-18-12(19(25)26)9-14(21)17(23-18)16-13(20)6-3-7-15(16)27-2/h3,5-7,9H,4,8,10H2,1-2H3,(H,22,23)(H,25,26). The number of rotatable bonds is 6. The highest BCUT2D eigenvalue weighted by atomic mass is 19.1. The Hall–Kier alpha value is -3.16. The lowest BCUT2D eigenvalue weighted by molar-refractivity contribution is 0.0697. The summed E-state index contributed by atoms with van der Waals surface area (Å²) >= 11 is 0. The summed E-state index contributed by atoms with van der Waals surface area (Å²) in [6, 6.07) is 4.92. The first-order chi connectivity index (χ1) is 12.9. The van der Waals surface area contributed by atoms with Crippen LogP contribution in [-0.4, -0.2) is 48.2 Å². The summed E-state index contributed by atoms with van der Waals surface area (Å²) in [6.07, 6.45) is 2.92. The molecule has 0 aliphatic carbocycles. The van der Waals surface area contributed by atoms with Crippen molar-refractivity contribution in [1.29, 1.82) is 0 Å². The smallest absolute Gasteiger partial charge is 0.339 e. The van der Waals surface area contributed by atoms with Gasteiger partial charge in [-0.25, -0.2) is 18.6 Å². The number of benzene rings is 1. The van der Waals surface area contributed by atoms with Gasteiger partial charge in [0.15, 0.2) is 5.82 Å². The van der Waals surface area contributed by atoms with Gasteiger partial charge in [-0.3, -0.25) is 0 Å². The lowest BCUT2D eigenvalue weighted by Crippen LogP contribution is -2.20. The van der Waals surface area contributed by atoms with E-state index in [-0.39, 0.29) is 28.4 Å². The number of aromatic carboxylic acids is 1. The van der Waals surface area contributed by atoms with Gasteiger partial charge in [0.2, 0.25) is 0 Å². The fourth-order valence-electron chi connectivity index (χ4n) is 2.97. The van der Waals surface area contributed by atoms with Crippen LogP contribution in [0.15, 0.2) is 36.0 Å². The van der Waals surface area contributed by atoms with Gasteiger partial charge in [-0.1, -0.05) is 12.1 Å². The van der Waals surface area contributed by atoms with Crippen molar-refractivity contribution >= 4 is 11.8 Å². The molecule has 0 amide bonds. The van der Waals surface area contributed by atoms with Crippen LogP contribution < -0.4 is 10.1 Å². The summed E-state index contributed by atoms with van der Waals surface area (Å²) in [5.41, 5.74) is 0.177. The number of aromatic nitrogens is 1. The Labute approximate surface area is 155 Å². The molecule has 2 aromatic rings. The molecular weight excluding hydrogens is 356 g/mol. The molecule has 0 radical (unpaired) electrons. The molecule has 0 fully saturated rings. The lowest BCUT2D eigenvalue weighted by atomic mass is 10.1. The SMILES string of the molecule is COc1cccc(F)c1-c1nc(NCC2=CCCN2C)c(C(=O)O)cc1F. The molecule has 8 heteroatoms. The Balaban J connectivity index is 2.05. The molecule has 1 aliphatic heterocycles. The molecule has 142 valence electrons. The third kappa shape index (κ3) is 3.69. The second kappa shape index (κ2) is 7.61. The van der Waals surface area contributed by atoms with Gasteiger partial charge >= 0.3 is 5.97 Å². The molecule has 2 heterocycles. The highest BCUT2D eigenvalue weighted by molar-refractivity contribution is 5.94. The number of likely N-dealkylation sites (N-methyl/N-ethyl adjacent to an activating group) is 1. The van der Waals surface area contributed by atoms with Crippen molar-refractivity contribution in [3.8, 4) is 17.0 Å². The summed E-state index contributed by atoms with van der Waals surface area (Å²) in [4.78, 5) is 17.6. The average Bonchev–Trinajstić information content (AvgIpc) is 3.05. The number of carboxylic acid groups (broad SMARTS) is 1. The van der Waals surface area contributed by atoms with E-state index in [1.165, 1.54) is 19.2 Å². The molecule has 0 saturated carbocycles. The lowest BCUT2D eigenvalue weighted by Gasteiger charge is -2.18. The quantitative estimate of drug-likeness (QED) is 0.807. The van der Waals surface area contributed by atoms with Crippen molar-refractivity contribution in [2.75, 3.05) is 32.6 Å². The molecule has 0 unspecified atom stereocenters. The summed E-state index contributed by atoms with van der Waals surface area (Å²) in [7, 11) is 3.26. The van der Waals surface area contributed by atoms with Crippen LogP contribution in [-0.2, 0) is 0 Å². The normalized spacial score (nSPS) is 13.5. The van der Waals surface area contributed by atoms with Crippen LogP contribution >= 0.6 is 0 Å². The van der Waals surface area contributed by atoms with Gasteiger partial charge in [0.05, 0.1) is 19.2 Å². The highest BCUT2D eigenvalue weighted by Crippen LogP contribution is 2.34. The third-order valence-corrected chi connectivity index (χ3v) is 4.41. The molecule has 2 N–H and O–H groups in total. The predicted octanol–water partition coefficient (Wildman–Crippen LogP) is 3.36. The van der Waals surface area contributed by atoms with E-state index >= 15 is 0 Å². The first-order valence-electron chi connectivity index (χ1n) is 8.33. The number of halogens is 2. The maximum Gasteiger partial charge on any atom is 0.339 e. The fraction of sp³-hybridized carbons (Fsp3) is 0.263. The van der Waals surface area contributed by atoms with Crippen molar-refractivity contribution in [3.63, 3.8) is 0 Å². The van der Waals surface area contributed by atoms with Crippen LogP contribution in [0.2, 0.25) is 0 Å². The molecule has 27 heavy (non-hydrogen) atoms. The number of carboxylic acids is 1. The van der Waals surface area contributed by atoms with Gasteiger partial charge in [0.25, 0.3) is 0 Å². The first kappa shape index (κ1) is 18.6. The topological polar surface area (TPSA) is 74.7 Å². The van der Waals surface area contributed by atoms with Gasteiger partial charge < -0.3 is 20.1 Å². The van der Waals surface area contributed by atoms with Crippen LogP contribution in [0.25, 0.3) is 11.3 Å². The van der Waals surface area contributed by atoms with E-state index in [1.54, 1.807) is 0 Å². The summed E-state index contributed by atoms with van der Waals surface area (Å²) in [5.74, 6) is -2.92. The molecule has 0 saturated heterocycles. The Bertz CT molecular complexity index is 915. The highest BCUT2D eigenvalue weighted by Gasteiger charge is 2.23. The summed E-state index contributed by atoms with van der Waals surface area (Å²) < 4.78 is 34.0. The number of methoxy groups -OCH3 is 1. The summed E-state index contributed by atoms with van der Waals surface area (Å²) in [6.45, 7) is 1.20. The Morgan fingerprint density at radius 2 is 2.15 bits per heavy atom. The van der Waals surface area contributed by atoms with E-state index in [0.717, 1.165) is 30.8 Å². The number of ether oxygens (including phenoxy) is 1. The van der Waals surface area contributed by atoms with Crippen molar-refractivity contribution in [2.45, 2.75) is 6.42 Å². The molecule has 1 aromatic carbocycles. The Kier molecular flexibility index (Phi) is 5.25. The number of anilines is 1. The van der Waals surface area contributed by atoms with Crippen LogP contribution in [0.3, 0.4) is 0 Å². The van der Waals surface area contributed by atoms with Crippen LogP contribution in [0, 0.1) is 11.6 Å². The molecule has 0 atom stereocenters. The number of hydrogen-bond acceptors (Lipinski definition) is 5. The van der Waals surface area contributed by atoms with E-state index in [1.807, 2.05) is 18.0 Å². The molecule has 1 aliphatic rings. The maximum atomic E-state index is 14.6. The van der Waals surface area contributed by atoms with E-state index < -0.39 is 17.6 Å². The second-order valence-electron chi connectivity index (χ2n) is 6.10. The van der Waals surface area contributed by atoms with Crippen LogP contribution in [0.5, 0.6) is 5.75 Å². The monoisotopic (exact) mass is 375 g/mol. The van der Waals surface area contributed by atoms with Crippen molar-refractivity contribution in [1.82, 2.24) is 9.88 Å². The van der Waals surface area contributed by atoms with Gasteiger partial charge in [-0.15, -0.1) is 0 Å². The van der Waals surface area contributed by atoms with Crippen molar-refractivity contribution < 1.29 is 23.4 Å². The Morgan fingerprint density at radius 3 is 2.78 bits per heavy atom. The Morgan fingerprint density at radius 1 is 1.37 bits per heavy atom. The zero-order valence-electron chi connectivity index (χ0n) is 14.9. The van der Waals surface area contributed by atoms with Crippen LogP contribution in [0.4, 0.5) is 14.6 Å². The second-order valence-corrected chi connectivity index (χ2v) is 6.10. The zero-order chi connectivity index (χ0) is 19.6. The summed E-state index contributed by atoms with van der Waals surface area (Å²) in [5, 5.41) is 12.3. The van der Waals surface area contributed by atoms with Crippen molar-refractivity contribution in [3.05, 3.63) is 53.2 Å². The average molecular weight is 375 g/mol. The van der Waals surface area contributed by atoms with E-state index in [9.17, 15) is 18.7 Å². The zero-order valence-corrected chi connectivity index (χ0v) is 14.9. The predicted molar refractivity (Wildman–Crippen MR) is 96.9 cm³/mol. The van der Waals surface area contributed by atoms with Crippen LogP contribution in [0.1, 0.15) is 16.8 Å². The molecule has 6 nitrogen and oxygen atoms in total. The van der Waals surface area contributed by atoms with E-state index in [2.05, 4.69) is 10.3 Å². The fourth-order valence-corrected chi connectivity index (χ4v) is 2.97. The van der Waals surface area contributed by atoms with E-state index in [0.29, 0.717) is 6.54 Å². The minimum atomic E-state index is -1.33. The van der Waals surface area contributed by atoms with Gasteiger partial charge in [0.1, 0.15) is 28.6 Å². The number of carbonyl (C=O) groups is 1. The number of pyridine rings is 1. The van der Waals surface area contributed by atoms with Gasteiger partial charge in [-0.2, -0.15) is 0 Å². The third-order valence-electron chi connectivity index (χ3n) is 4.41. The van der Waals surface area contributed by atoms with E-state index in [4.69, 9.17) is 4.74 Å². The van der Waals surface area contributed by atoms with Crippen molar-refractivity contribution in [2.24, 2.45) is 0 Å². The van der Waals surface area contributed by atoms with Gasteiger partial charge in [-0.05, 0) is 24.6 Å². The molecule has 0 spiro atoms. The molecule has 0 bridgehead atoms. The first-order valence-corrected chi connectivity index (χ1v) is 8.33. The largest absolute Gasteiger partial charge is 0.496 e. The number of hydrogen-bond donors (Lipinski definition) is 2. The molecule has 1 aromatic heterocycles. The maximum absolute atomic E-state index is 14.6. The van der Waals surface area contributed by atoms with Gasteiger partial charge in [0, 0.05) is 19.3 Å². The minimum Gasteiger partial charge on any atom is -0.496 e. The molecule has 3 rings (SSSR count). The number of nitrogens with zero attached hydrogens (tertiary/aromatic N) is 2. The number of nitrogens with one attached hydrogen (secondary N) is 1. The molecular formula is C19H19F2N3O3. The minimum absolute atomic E-state index is 0.0367.